The number of piperazine rings is 1. The molecule has 728 valence electrons. The van der Waals surface area contributed by atoms with Gasteiger partial charge >= 0.3 is 0 Å². The summed E-state index contributed by atoms with van der Waals surface area (Å²) in [5.41, 5.74) is 30.3. The van der Waals surface area contributed by atoms with Gasteiger partial charge < -0.3 is 106 Å². The van der Waals surface area contributed by atoms with Crippen LogP contribution >= 0.6 is 0 Å². The van der Waals surface area contributed by atoms with E-state index >= 15 is 0 Å². The molecule has 0 spiro atoms. The molecule has 3 aliphatic heterocycles. The first kappa shape index (κ1) is 107. The molecule has 11 amide bonds. The van der Waals surface area contributed by atoms with Gasteiger partial charge in [-0.15, -0.1) is 0 Å². The van der Waals surface area contributed by atoms with Gasteiger partial charge in [0.2, 0.25) is 70.7 Å². The van der Waals surface area contributed by atoms with Crippen LogP contribution in [0.3, 0.4) is 0 Å². The third-order valence-electron chi connectivity index (χ3n) is 24.5. The van der Waals surface area contributed by atoms with Gasteiger partial charge in [-0.2, -0.15) is 4.58 Å². The fourth-order valence-corrected chi connectivity index (χ4v) is 16.7. The molecule has 0 unspecified atom stereocenters. The number of Topliss-reactive ketones (excluding diaryl/α,β-unsaturated/α-hetero) is 1. The summed E-state index contributed by atoms with van der Waals surface area (Å²) < 4.78 is 15.4. The Morgan fingerprint density at radius 1 is 0.511 bits per heavy atom. The van der Waals surface area contributed by atoms with Crippen molar-refractivity contribution < 1.29 is 66.5 Å². The molecule has 0 saturated carbocycles. The van der Waals surface area contributed by atoms with Crippen LogP contribution < -0.4 is 96.5 Å². The van der Waals surface area contributed by atoms with Crippen molar-refractivity contribution in [1.82, 2.24) is 83.7 Å². The number of primary amides is 1. The number of nitrogens with two attached hydrogens (primary N) is 4. The number of amides is 11. The number of halogens is 1. The summed E-state index contributed by atoms with van der Waals surface area (Å²) >= 11 is 0. The number of allylic oxidation sites excluding steroid dienone is 6. The molecule has 0 aliphatic carbocycles. The number of nitrogens with zero attached hydrogens (tertiary/aromatic N) is 6. The molecule has 4 aromatic rings. The molecule has 24 N–H and O–H groups in total. The number of hydrogen-bond acceptors (Lipinski definition) is 19. The first-order chi connectivity index (χ1) is 63.6. The van der Waals surface area contributed by atoms with E-state index < -0.39 is 121 Å². The Morgan fingerprint density at radius 2 is 1.02 bits per heavy atom. The quantitative estimate of drug-likeness (QED) is 0.00941. The predicted molar refractivity (Wildman–Crippen MR) is 512 cm³/mol. The van der Waals surface area contributed by atoms with Gasteiger partial charge in [-0.3, -0.25) is 73.8 Å². The first-order valence-corrected chi connectivity index (χ1v) is 46.8. The van der Waals surface area contributed by atoms with Crippen LogP contribution in [0.4, 0.5) is 21.6 Å². The molecule has 39 heteroatoms. The van der Waals surface area contributed by atoms with Crippen molar-refractivity contribution in [3.63, 3.8) is 0 Å². The van der Waals surface area contributed by atoms with Crippen LogP contribution in [0.15, 0.2) is 103 Å². The molecular weight excluding hydrogens is 1700 g/mol. The van der Waals surface area contributed by atoms with Crippen LogP contribution in [0.2, 0.25) is 0 Å². The monoisotopic (exact) mass is 1850 g/mol. The summed E-state index contributed by atoms with van der Waals surface area (Å²) in [5, 5.41) is 56.3. The largest absolute Gasteiger partial charge is 0.370 e. The number of H-pyrrole nitrogens is 1. The maximum atomic E-state index is 14.8. The summed E-state index contributed by atoms with van der Waals surface area (Å²) in [4.78, 5) is 181. The number of carbonyl (C=O) groups is 12. The first-order valence-electron chi connectivity index (χ1n) is 46.8. The van der Waals surface area contributed by atoms with Gasteiger partial charge in [0.25, 0.3) is 0 Å². The van der Waals surface area contributed by atoms with Crippen molar-refractivity contribution in [3.8, 4) is 0 Å². The molecule has 5 heterocycles. The average Bonchev–Trinajstić information content (AvgIpc) is 1.60. The summed E-state index contributed by atoms with van der Waals surface area (Å²) in [6.45, 7) is 14.4. The lowest BCUT2D eigenvalue weighted by Crippen LogP contribution is -2.58. The van der Waals surface area contributed by atoms with E-state index in [0.717, 1.165) is 54.8 Å². The van der Waals surface area contributed by atoms with E-state index in [2.05, 4.69) is 207 Å². The lowest BCUT2D eigenvalue weighted by molar-refractivity contribution is -0.438. The Morgan fingerprint density at radius 3 is 1.60 bits per heavy atom. The van der Waals surface area contributed by atoms with E-state index in [-0.39, 0.29) is 143 Å². The molecule has 2 aromatic heterocycles. The number of nitrogens with one attached hydrogen (secondary N) is 16. The molecule has 1 saturated heterocycles. The Bertz CT molecular complexity index is 4750. The third kappa shape index (κ3) is 35.0. The van der Waals surface area contributed by atoms with Gasteiger partial charge in [-0.05, 0) is 146 Å². The van der Waals surface area contributed by atoms with Crippen molar-refractivity contribution >= 4 is 123 Å². The zero-order valence-electron chi connectivity index (χ0n) is 78.4. The minimum atomic E-state index is -1.47. The van der Waals surface area contributed by atoms with Crippen molar-refractivity contribution in [2.45, 2.75) is 256 Å². The number of ketones is 1. The molecule has 7 rings (SSSR count). The fraction of sp³-hybridized carbons (Fsp3) is 0.574. The van der Waals surface area contributed by atoms with Crippen molar-refractivity contribution in [2.75, 3.05) is 95.5 Å². The number of likely N-dealkylation sites (N-methyl/N-ethyl adjacent to an activating group) is 1. The highest BCUT2D eigenvalue weighted by atomic mass is 19.1. The highest BCUT2D eigenvalue weighted by Crippen LogP contribution is 2.47. The topological polar surface area (TPSA) is 579 Å². The Balaban J connectivity index is 0.933. The zero-order chi connectivity index (χ0) is 97.0. The van der Waals surface area contributed by atoms with E-state index in [0.29, 0.717) is 90.4 Å². The highest BCUT2D eigenvalue weighted by Gasteiger charge is 2.44. The molecule has 1 fully saturated rings. The van der Waals surface area contributed by atoms with Crippen molar-refractivity contribution in [2.24, 2.45) is 28.9 Å². The number of anilines is 2. The normalized spacial score (nSPS) is 15.6. The van der Waals surface area contributed by atoms with Gasteiger partial charge in [0.1, 0.15) is 67.3 Å². The number of fused-ring (bicyclic) bond motifs is 3. The van der Waals surface area contributed by atoms with E-state index in [1.807, 2.05) is 17.2 Å². The van der Waals surface area contributed by atoms with E-state index in [1.54, 1.807) is 13.8 Å². The molecule has 38 nitrogen and oxygen atoms in total. The zero-order valence-corrected chi connectivity index (χ0v) is 78.4. The van der Waals surface area contributed by atoms with Crippen LogP contribution in [0.5, 0.6) is 0 Å². The lowest BCUT2D eigenvalue weighted by atomic mass is 9.81. The maximum absolute atomic E-state index is 14.8. The number of unbranched alkanes of at least 4 members (excludes halogenated alkanes) is 8. The van der Waals surface area contributed by atoms with Gasteiger partial charge in [-0.1, -0.05) is 108 Å². The minimum Gasteiger partial charge on any atom is -0.370 e. The lowest BCUT2D eigenvalue weighted by Gasteiger charge is -2.35. The number of aromatic nitrogens is 3. The number of guanidine groups is 3. The van der Waals surface area contributed by atoms with Crippen LogP contribution in [0.1, 0.15) is 220 Å². The van der Waals surface area contributed by atoms with Crippen LogP contribution in [0, 0.1) is 22.1 Å². The Kier molecular flexibility index (Phi) is 44.7. The van der Waals surface area contributed by atoms with Crippen molar-refractivity contribution in [1.29, 1.82) is 16.2 Å². The number of hydrogen-bond donors (Lipinski definition) is 20. The molecular formula is C94H144FN26O12+. The standard InChI is InChI=1S/C94H143FN26O12/c1-8-62(2)81(89(133)109-60-63(122)59-95)117-79(126)46-45-78(125)113-69(34-24-26-49-105-85(129)68(35-28-50-106-90(97)98)112-77(124)43-16-10-9-11-18-44-80(127)119-55-57-120(58-56-119)84-64-47-53-104-83(64)110-61-111-84)86(130)115-71(37-30-52-108-92(101)102)88(132)116-70(36-29-51-107-91(99)100)87(131)114-67(82(96)128)33-23-25-48-103-76(123)42-17-13-27-54-121-73-39-22-20-32-66(73)94(5,6)75(121)41-15-12-14-40-74-93(3,4)65-31-19-21-38-72(65)118(74)7/h12,14-15,19-22,31-32,38-41,47,53,61-62,67-71,81H,8-11,13,16-18,23-30,33-37,42-46,48-52,54-60H2,1-7H3,(H23-,96,97,98,99,100,101,102,103,104,105,106,107,108,109,110,111,112,113,114,115,116,117,123,124,125,126,128,129,130,131,132,133)/p+1/t62-,67+,68+,69-,70+,71+,81-/m0/s1. The summed E-state index contributed by atoms with van der Waals surface area (Å²) in [6.07, 6.45) is 21.5. The van der Waals surface area contributed by atoms with Crippen LogP contribution in [-0.4, -0.2) is 241 Å². The van der Waals surface area contributed by atoms with Crippen LogP contribution in [0.25, 0.3) is 11.0 Å². The number of aromatic amines is 1. The Labute approximate surface area is 779 Å². The highest BCUT2D eigenvalue weighted by molar-refractivity contribution is 6.03. The molecule has 2 aromatic carbocycles. The number of benzene rings is 2. The molecule has 7 atom stereocenters. The number of para-hydroxylation sites is 2. The van der Waals surface area contributed by atoms with E-state index in [4.69, 9.17) is 39.2 Å². The smallest absolute Gasteiger partial charge is 0.243 e. The third-order valence-corrected chi connectivity index (χ3v) is 24.5. The average molecular weight is 1850 g/mol. The molecule has 0 bridgehead atoms. The van der Waals surface area contributed by atoms with Gasteiger partial charge in [-0.25, -0.2) is 14.4 Å². The summed E-state index contributed by atoms with van der Waals surface area (Å²) in [5.74, 6) is -8.24. The number of rotatable bonds is 60. The second kappa shape index (κ2) is 55.5. The molecule has 3 aliphatic rings. The predicted octanol–water partition coefficient (Wildman–Crippen LogP) is 4.64. The molecule has 0 radical (unpaired) electrons. The number of alkyl halides is 1. The van der Waals surface area contributed by atoms with Gasteiger partial charge in [0.05, 0.1) is 17.3 Å². The van der Waals surface area contributed by atoms with Crippen LogP contribution in [-0.2, 0) is 68.4 Å². The fourth-order valence-electron chi connectivity index (χ4n) is 16.7. The maximum Gasteiger partial charge on any atom is 0.243 e. The second-order valence-corrected chi connectivity index (χ2v) is 35.3. The van der Waals surface area contributed by atoms with Crippen molar-refractivity contribution in [3.05, 3.63) is 114 Å². The molecule has 133 heavy (non-hydrogen) atoms. The number of carbonyl (C=O) groups excluding carboxylic acids is 12. The second-order valence-electron chi connectivity index (χ2n) is 35.3. The van der Waals surface area contributed by atoms with E-state index in [9.17, 15) is 61.9 Å². The van der Waals surface area contributed by atoms with Gasteiger partial charge in [0.15, 0.2) is 29.4 Å². The summed E-state index contributed by atoms with van der Waals surface area (Å²) in [6, 6.07) is 11.2. The summed E-state index contributed by atoms with van der Waals surface area (Å²) in [7, 11) is 2.11. The SMILES string of the molecule is CC[C@H](C)[C@H](NC(=O)CCC(=O)N[C@@H](CCCCNC(=O)[C@@H](CCCNC(=N)N)NC(=O)CCCCCCCC(=O)N1CCN(c2ncnc3[nH]ccc23)CC1)C(=O)N[C@H](CCCNC(=N)N)C(=O)N[C@H](CCCNC(=N)N)C(=O)N[C@H](CCCCNC(=O)CCCCC[N+]1=C(/C=C/C=C/C=C2\N(C)c3ccccc3C2(C)C)C(C)(C)c2ccccc21)C(N)=O)C(=O)NCC(=O)CF. The Hall–Kier alpha value is -12.9. The van der Waals surface area contributed by atoms with E-state index in [1.165, 1.54) is 34.6 Å². The van der Waals surface area contributed by atoms with Gasteiger partial charge in [0, 0.05) is 145 Å². The minimum absolute atomic E-state index is 0.0167.